The van der Waals surface area contributed by atoms with Gasteiger partial charge < -0.3 is 20.3 Å². The van der Waals surface area contributed by atoms with E-state index in [1.807, 2.05) is 11.8 Å². The molecule has 39 heavy (non-hydrogen) atoms. The third-order valence-electron chi connectivity index (χ3n) is 5.62. The van der Waals surface area contributed by atoms with Crippen LogP contribution in [0.15, 0.2) is 29.1 Å². The molecule has 0 unspecified atom stereocenters. The molecule has 1 aromatic heterocycles. The second-order valence-corrected chi connectivity index (χ2v) is 9.29. The van der Waals surface area contributed by atoms with Crippen molar-refractivity contribution in [3.8, 4) is 6.07 Å². The first-order valence-corrected chi connectivity index (χ1v) is 12.8. The highest BCUT2D eigenvalue weighted by Crippen LogP contribution is 2.19. The molecule has 2 aromatic rings. The first kappa shape index (κ1) is 31.5. The Morgan fingerprint density at radius 3 is 2.59 bits per heavy atom. The molecule has 14 heteroatoms. The molecule has 10 nitrogen and oxygen atoms in total. The molecular weight excluding hydrogens is 537 g/mol. The number of amides is 2. The van der Waals surface area contributed by atoms with E-state index in [0.29, 0.717) is 31.1 Å². The summed E-state index contributed by atoms with van der Waals surface area (Å²) >= 11 is 0.806. The first-order chi connectivity index (χ1) is 18.4. The molecular formula is C25H31F3N6O4S. The summed E-state index contributed by atoms with van der Waals surface area (Å²) in [6.07, 6.45) is -3.26. The third-order valence-corrected chi connectivity index (χ3v) is 6.75. The van der Waals surface area contributed by atoms with Crippen LogP contribution in [0.2, 0.25) is 0 Å². The van der Waals surface area contributed by atoms with Crippen LogP contribution in [0.5, 0.6) is 0 Å². The van der Waals surface area contributed by atoms with E-state index in [4.69, 9.17) is 4.74 Å². The average Bonchev–Trinajstić information content (AvgIpc) is 3.22. The van der Waals surface area contributed by atoms with Crippen molar-refractivity contribution in [1.82, 2.24) is 14.8 Å². The van der Waals surface area contributed by atoms with E-state index in [0.717, 1.165) is 15.9 Å². The second kappa shape index (κ2) is 14.5. The van der Waals surface area contributed by atoms with Gasteiger partial charge in [0.1, 0.15) is 21.8 Å². The van der Waals surface area contributed by atoms with Crippen molar-refractivity contribution in [2.45, 2.75) is 26.6 Å². The maximum Gasteiger partial charge on any atom is 0.405 e. The number of nitrogens with one attached hydrogen (secondary N) is 2. The molecule has 1 heterocycles. The number of nitrogens with zero attached hydrogens (tertiary/aromatic N) is 4. The summed E-state index contributed by atoms with van der Waals surface area (Å²) in [5, 5.41) is 14.1. The Labute approximate surface area is 227 Å². The van der Waals surface area contributed by atoms with Gasteiger partial charge in [0.2, 0.25) is 5.91 Å². The lowest BCUT2D eigenvalue weighted by atomic mass is 10.2. The van der Waals surface area contributed by atoms with Gasteiger partial charge in [0.15, 0.2) is 5.57 Å². The molecule has 0 saturated carbocycles. The zero-order valence-electron chi connectivity index (χ0n) is 22.1. The van der Waals surface area contributed by atoms with Gasteiger partial charge in [-0.2, -0.15) is 18.4 Å². The number of halogens is 3. The number of hydrogen-bond acceptors (Lipinski definition) is 8. The van der Waals surface area contributed by atoms with E-state index in [1.165, 1.54) is 11.1 Å². The van der Waals surface area contributed by atoms with Crippen molar-refractivity contribution in [2.75, 3.05) is 57.2 Å². The van der Waals surface area contributed by atoms with E-state index >= 15 is 0 Å². The number of nitriles is 1. The molecule has 0 bridgehead atoms. The molecule has 0 aliphatic heterocycles. The van der Waals surface area contributed by atoms with Crippen molar-refractivity contribution in [2.24, 2.45) is 0 Å². The molecule has 212 valence electrons. The lowest BCUT2D eigenvalue weighted by Gasteiger charge is -2.24. The van der Waals surface area contributed by atoms with Crippen LogP contribution >= 0.6 is 11.3 Å². The van der Waals surface area contributed by atoms with Gasteiger partial charge in [0.25, 0.3) is 11.5 Å². The number of benzene rings is 1. The van der Waals surface area contributed by atoms with E-state index in [-0.39, 0.29) is 28.2 Å². The Kier molecular flexibility index (Phi) is 11.7. The highest BCUT2D eigenvalue weighted by atomic mass is 32.1. The number of likely N-dealkylation sites (N-methyl/N-ethyl adjacent to an activating group) is 2. The van der Waals surface area contributed by atoms with E-state index < -0.39 is 29.8 Å². The zero-order chi connectivity index (χ0) is 29.2. The number of methoxy groups -OCH3 is 1. The Bertz CT molecular complexity index is 1380. The number of anilines is 2. The van der Waals surface area contributed by atoms with Crippen LogP contribution in [0.1, 0.15) is 13.8 Å². The molecule has 0 aliphatic carbocycles. The quantitative estimate of drug-likeness (QED) is 0.393. The van der Waals surface area contributed by atoms with Crippen LogP contribution < -0.4 is 30.3 Å². The molecule has 0 radical (unpaired) electrons. The number of alkyl halides is 3. The van der Waals surface area contributed by atoms with Crippen LogP contribution in [0.25, 0.3) is 11.8 Å². The first-order valence-electron chi connectivity index (χ1n) is 12.0. The van der Waals surface area contributed by atoms with Gasteiger partial charge in [-0.05, 0) is 31.7 Å². The summed E-state index contributed by atoms with van der Waals surface area (Å²) in [7, 11) is 3.26. The highest BCUT2D eigenvalue weighted by Gasteiger charge is 2.29. The van der Waals surface area contributed by atoms with Crippen LogP contribution in [-0.2, 0) is 20.9 Å². The van der Waals surface area contributed by atoms with Gasteiger partial charge in [-0.1, -0.05) is 13.0 Å². The molecule has 0 atom stereocenters. The normalized spacial score (nSPS) is 12.7. The van der Waals surface area contributed by atoms with Crippen LogP contribution in [0.3, 0.4) is 0 Å². The van der Waals surface area contributed by atoms with Crippen LogP contribution in [0.4, 0.5) is 24.5 Å². The van der Waals surface area contributed by atoms with E-state index in [2.05, 4.69) is 5.32 Å². The zero-order valence-corrected chi connectivity index (χ0v) is 22.9. The van der Waals surface area contributed by atoms with Gasteiger partial charge in [-0.15, -0.1) is 11.3 Å². The van der Waals surface area contributed by atoms with Crippen molar-refractivity contribution < 1.29 is 27.5 Å². The van der Waals surface area contributed by atoms with E-state index in [1.54, 1.807) is 56.7 Å². The molecule has 0 aliphatic rings. The van der Waals surface area contributed by atoms with Gasteiger partial charge in [-0.3, -0.25) is 23.9 Å². The summed E-state index contributed by atoms with van der Waals surface area (Å²) < 4.78 is 43.8. The van der Waals surface area contributed by atoms with Gasteiger partial charge in [0.05, 0.1) is 13.2 Å². The molecule has 0 saturated heterocycles. The minimum atomic E-state index is -4.65. The topological polar surface area (TPSA) is 120 Å². The average molecular weight is 569 g/mol. The molecule has 2 amide bonds. The number of aromatic nitrogens is 1. The van der Waals surface area contributed by atoms with Crippen LogP contribution in [0, 0.1) is 11.3 Å². The molecule has 0 spiro atoms. The van der Waals surface area contributed by atoms with Gasteiger partial charge in [0, 0.05) is 44.8 Å². The summed E-state index contributed by atoms with van der Waals surface area (Å²) in [4.78, 5) is 41.4. The lowest BCUT2D eigenvalue weighted by Crippen LogP contribution is -2.39. The lowest BCUT2D eigenvalue weighted by molar-refractivity contribution is -0.135. The Balaban J connectivity index is 2.32. The smallest absolute Gasteiger partial charge is 0.383 e. The monoisotopic (exact) mass is 568 g/mol. The predicted octanol–water partition coefficient (Wildman–Crippen LogP) is 1.06. The summed E-state index contributed by atoms with van der Waals surface area (Å²) in [6, 6.07) is 8.53. The summed E-state index contributed by atoms with van der Waals surface area (Å²) in [5.41, 5.74) is 0.0706. The molecule has 0 fully saturated rings. The highest BCUT2D eigenvalue weighted by molar-refractivity contribution is 7.07. The summed E-state index contributed by atoms with van der Waals surface area (Å²) in [5.74, 6) is -1.34. The van der Waals surface area contributed by atoms with Gasteiger partial charge >= 0.3 is 6.18 Å². The SMILES string of the molecule is CCN(CCOC)CC(=O)N(C)c1cccc(NC=c2sc(=C(C#N)C(=O)NCC(F)(F)F)n(CC)c2=O)c1. The minimum absolute atomic E-state index is 0.0502. The third kappa shape index (κ3) is 8.95. The van der Waals surface area contributed by atoms with Crippen molar-refractivity contribution >= 4 is 46.3 Å². The van der Waals surface area contributed by atoms with Crippen LogP contribution in [-0.4, -0.2) is 74.4 Å². The largest absolute Gasteiger partial charge is 0.405 e. The number of rotatable bonds is 12. The number of ether oxygens (including phenoxy) is 1. The number of hydrogen-bond donors (Lipinski definition) is 2. The maximum atomic E-state index is 12.9. The fourth-order valence-electron chi connectivity index (χ4n) is 3.42. The maximum absolute atomic E-state index is 12.9. The fraction of sp³-hybridized carbons (Fsp3) is 0.440. The number of carbonyl (C=O) groups excluding carboxylic acids is 2. The van der Waals surface area contributed by atoms with Crippen molar-refractivity contribution in [3.05, 3.63) is 43.8 Å². The Morgan fingerprint density at radius 1 is 1.28 bits per heavy atom. The van der Waals surface area contributed by atoms with Gasteiger partial charge in [-0.25, -0.2) is 0 Å². The fourth-order valence-corrected chi connectivity index (χ4v) is 4.51. The Hall–Kier alpha value is -3.67. The molecule has 2 rings (SSSR count). The minimum Gasteiger partial charge on any atom is -0.383 e. The van der Waals surface area contributed by atoms with E-state index in [9.17, 15) is 32.8 Å². The standard InChI is InChI=1S/C25H31F3N6O4S/c1-5-33(10-11-38-4)15-21(35)32(3)18-9-7-8-17(12-18)30-14-20-23(37)34(6-2)24(39-20)19(13-29)22(36)31-16-25(26,27)28/h7-9,12,14,30H,5-6,10-11,15-16H2,1-4H3,(H,31,36). The number of carbonyl (C=O) groups is 2. The second-order valence-electron chi connectivity index (χ2n) is 8.26. The Morgan fingerprint density at radius 2 is 2.00 bits per heavy atom. The molecule has 2 N–H and O–H groups in total. The van der Waals surface area contributed by atoms with Crippen molar-refractivity contribution in [1.29, 1.82) is 5.26 Å². The molecule has 1 aromatic carbocycles. The predicted molar refractivity (Wildman–Crippen MR) is 144 cm³/mol. The summed E-state index contributed by atoms with van der Waals surface area (Å²) in [6.45, 7) is 4.09. The van der Waals surface area contributed by atoms with Crippen molar-refractivity contribution in [3.63, 3.8) is 0 Å². The number of thiazole rings is 1.